The van der Waals surface area contributed by atoms with E-state index in [2.05, 4.69) is 14.7 Å². The summed E-state index contributed by atoms with van der Waals surface area (Å²) in [4.78, 5) is 4.35. The van der Waals surface area contributed by atoms with E-state index >= 15 is 0 Å². The average Bonchev–Trinajstić information content (AvgIpc) is 2.69. The largest absolute Gasteiger partial charge is 0.358 e. The van der Waals surface area contributed by atoms with E-state index in [1.54, 1.807) is 6.07 Å². The van der Waals surface area contributed by atoms with E-state index in [4.69, 9.17) is 0 Å². The third-order valence-electron chi connectivity index (χ3n) is 2.28. The lowest BCUT2D eigenvalue weighted by Crippen LogP contribution is -2.09. The smallest absolute Gasteiger partial charge is 0.203 e. The van der Waals surface area contributed by atoms with Gasteiger partial charge < -0.3 is 5.32 Å². The number of aryl methyl sites for hydroxylation is 1. The molecule has 0 aliphatic carbocycles. The summed E-state index contributed by atoms with van der Waals surface area (Å²) in [5.41, 5.74) is 1.72. The van der Waals surface area contributed by atoms with Crippen LogP contribution in [0.3, 0.4) is 0 Å². The molecule has 3 nitrogen and oxygen atoms in total. The molecule has 0 radical (unpaired) electrons. The first-order valence-electron chi connectivity index (χ1n) is 5.43. The summed E-state index contributed by atoms with van der Waals surface area (Å²) in [6.45, 7) is 5.99. The van der Waals surface area contributed by atoms with Crippen molar-refractivity contribution in [1.82, 2.24) is 9.36 Å². The molecule has 0 atom stereocenters. The van der Waals surface area contributed by atoms with Crippen LogP contribution in [0.15, 0.2) is 18.2 Å². The number of halogens is 1. The van der Waals surface area contributed by atoms with Crippen molar-refractivity contribution in [2.75, 3.05) is 5.32 Å². The van der Waals surface area contributed by atoms with Crippen LogP contribution in [0.25, 0.3) is 11.4 Å². The zero-order valence-electron chi connectivity index (χ0n) is 9.99. The molecule has 0 amide bonds. The van der Waals surface area contributed by atoms with Gasteiger partial charge >= 0.3 is 0 Å². The molecule has 2 aromatic rings. The molecule has 1 heterocycles. The number of nitrogens with zero attached hydrogens (tertiary/aromatic N) is 2. The van der Waals surface area contributed by atoms with Gasteiger partial charge in [0.15, 0.2) is 5.82 Å². The van der Waals surface area contributed by atoms with Crippen molar-refractivity contribution in [3.05, 3.63) is 29.6 Å². The van der Waals surface area contributed by atoms with E-state index in [1.807, 2.05) is 20.8 Å². The van der Waals surface area contributed by atoms with Crippen molar-refractivity contribution in [3.8, 4) is 11.4 Å². The van der Waals surface area contributed by atoms with Crippen molar-refractivity contribution in [2.45, 2.75) is 26.8 Å². The maximum absolute atomic E-state index is 13.2. The molecule has 1 aromatic carbocycles. The summed E-state index contributed by atoms with van der Waals surface area (Å²) in [5.74, 6) is 0.314. The summed E-state index contributed by atoms with van der Waals surface area (Å²) in [5, 5.41) is 3.94. The van der Waals surface area contributed by atoms with Gasteiger partial charge in [-0.3, -0.25) is 0 Å². The third kappa shape index (κ3) is 2.79. The molecule has 0 spiro atoms. The molecule has 5 heteroatoms. The van der Waals surface area contributed by atoms with E-state index in [1.165, 1.54) is 23.7 Å². The highest BCUT2D eigenvalue weighted by Gasteiger charge is 2.10. The maximum Gasteiger partial charge on any atom is 0.203 e. The minimum Gasteiger partial charge on any atom is -0.358 e. The highest BCUT2D eigenvalue weighted by molar-refractivity contribution is 7.09. The van der Waals surface area contributed by atoms with Gasteiger partial charge in [0.25, 0.3) is 0 Å². The molecule has 0 aliphatic heterocycles. The van der Waals surface area contributed by atoms with Crippen LogP contribution < -0.4 is 5.32 Å². The Hall–Kier alpha value is -1.49. The van der Waals surface area contributed by atoms with Crippen molar-refractivity contribution in [1.29, 1.82) is 0 Å². The second-order valence-electron chi connectivity index (χ2n) is 4.18. The molecule has 0 bridgehead atoms. The first-order chi connectivity index (χ1) is 8.06. The normalized spacial score (nSPS) is 10.9. The van der Waals surface area contributed by atoms with Gasteiger partial charge in [0.1, 0.15) is 5.82 Å². The molecule has 17 heavy (non-hydrogen) atoms. The van der Waals surface area contributed by atoms with Crippen LogP contribution in [0.2, 0.25) is 0 Å². The Morgan fingerprint density at radius 3 is 2.82 bits per heavy atom. The SMILES string of the molecule is Cc1ccc(F)cc1-c1nsc(NC(C)C)n1. The van der Waals surface area contributed by atoms with Crippen LogP contribution in [-0.4, -0.2) is 15.4 Å². The monoisotopic (exact) mass is 251 g/mol. The Kier molecular flexibility index (Phi) is 3.38. The molecule has 0 saturated carbocycles. The van der Waals surface area contributed by atoms with E-state index in [9.17, 15) is 4.39 Å². The van der Waals surface area contributed by atoms with E-state index in [0.717, 1.165) is 16.3 Å². The zero-order valence-corrected chi connectivity index (χ0v) is 10.8. The van der Waals surface area contributed by atoms with Crippen LogP contribution in [0, 0.1) is 12.7 Å². The topological polar surface area (TPSA) is 37.8 Å². The van der Waals surface area contributed by atoms with Crippen molar-refractivity contribution in [3.63, 3.8) is 0 Å². The molecule has 2 rings (SSSR count). The highest BCUT2D eigenvalue weighted by atomic mass is 32.1. The summed E-state index contributed by atoms with van der Waals surface area (Å²) in [7, 11) is 0. The Morgan fingerprint density at radius 2 is 2.12 bits per heavy atom. The van der Waals surface area contributed by atoms with Crippen LogP contribution >= 0.6 is 11.5 Å². The fourth-order valence-corrected chi connectivity index (χ4v) is 2.20. The molecule has 0 fully saturated rings. The Morgan fingerprint density at radius 1 is 1.35 bits per heavy atom. The van der Waals surface area contributed by atoms with Gasteiger partial charge in [0.2, 0.25) is 5.13 Å². The molecule has 0 unspecified atom stereocenters. The van der Waals surface area contributed by atoms with Crippen LogP contribution in [-0.2, 0) is 0 Å². The summed E-state index contributed by atoms with van der Waals surface area (Å²) in [6.07, 6.45) is 0. The Labute approximate surface area is 104 Å². The van der Waals surface area contributed by atoms with Gasteiger partial charge in [-0.1, -0.05) is 6.07 Å². The van der Waals surface area contributed by atoms with E-state index in [0.29, 0.717) is 11.9 Å². The second-order valence-corrected chi connectivity index (χ2v) is 4.93. The van der Waals surface area contributed by atoms with Gasteiger partial charge in [0.05, 0.1) is 0 Å². The maximum atomic E-state index is 13.2. The number of anilines is 1. The number of aromatic nitrogens is 2. The lowest BCUT2D eigenvalue weighted by atomic mass is 10.1. The van der Waals surface area contributed by atoms with Gasteiger partial charge in [-0.15, -0.1) is 0 Å². The van der Waals surface area contributed by atoms with Crippen LogP contribution in [0.1, 0.15) is 19.4 Å². The standard InChI is InChI=1S/C12H14FN3S/c1-7(2)14-12-15-11(16-17-12)10-6-9(13)5-4-8(10)3/h4-7H,1-3H3,(H,14,15,16). The molecule has 1 aromatic heterocycles. The van der Waals surface area contributed by atoms with Crippen molar-refractivity contribution >= 4 is 16.7 Å². The Balaban J connectivity index is 2.33. The lowest BCUT2D eigenvalue weighted by Gasteiger charge is -2.04. The first-order valence-corrected chi connectivity index (χ1v) is 6.20. The van der Waals surface area contributed by atoms with Gasteiger partial charge in [-0.05, 0) is 38.5 Å². The summed E-state index contributed by atoms with van der Waals surface area (Å²) >= 11 is 1.29. The fraction of sp³-hybridized carbons (Fsp3) is 0.333. The number of hydrogen-bond acceptors (Lipinski definition) is 4. The van der Waals surface area contributed by atoms with E-state index in [-0.39, 0.29) is 5.82 Å². The minimum atomic E-state index is -0.265. The zero-order chi connectivity index (χ0) is 12.4. The average molecular weight is 251 g/mol. The van der Waals surface area contributed by atoms with E-state index < -0.39 is 0 Å². The number of hydrogen-bond donors (Lipinski definition) is 1. The molecule has 1 N–H and O–H groups in total. The lowest BCUT2D eigenvalue weighted by molar-refractivity contribution is 0.628. The predicted octanol–water partition coefficient (Wildman–Crippen LogP) is 3.47. The predicted molar refractivity (Wildman–Crippen MR) is 68.8 cm³/mol. The number of benzene rings is 1. The van der Waals surface area contributed by atoms with Crippen molar-refractivity contribution in [2.24, 2.45) is 0 Å². The van der Waals surface area contributed by atoms with Gasteiger partial charge in [-0.2, -0.15) is 9.36 Å². The Bertz CT molecular complexity index is 522. The first kappa shape index (κ1) is 12.0. The van der Waals surface area contributed by atoms with Crippen molar-refractivity contribution < 1.29 is 4.39 Å². The number of nitrogens with one attached hydrogen (secondary N) is 1. The molecular formula is C12H14FN3S. The minimum absolute atomic E-state index is 0.265. The molecular weight excluding hydrogens is 237 g/mol. The number of rotatable bonds is 3. The van der Waals surface area contributed by atoms with Gasteiger partial charge in [0, 0.05) is 23.1 Å². The molecule has 90 valence electrons. The highest BCUT2D eigenvalue weighted by Crippen LogP contribution is 2.25. The third-order valence-corrected chi connectivity index (χ3v) is 2.92. The summed E-state index contributed by atoms with van der Waals surface area (Å²) in [6, 6.07) is 4.96. The summed E-state index contributed by atoms with van der Waals surface area (Å²) < 4.78 is 17.4. The molecule has 0 saturated heterocycles. The van der Waals surface area contributed by atoms with Gasteiger partial charge in [-0.25, -0.2) is 4.39 Å². The van der Waals surface area contributed by atoms with Crippen LogP contribution in [0.4, 0.5) is 9.52 Å². The molecule has 0 aliphatic rings. The van der Waals surface area contributed by atoms with Crippen LogP contribution in [0.5, 0.6) is 0 Å². The fourth-order valence-electron chi connectivity index (χ4n) is 1.47. The second kappa shape index (κ2) is 4.79. The quantitative estimate of drug-likeness (QED) is 0.907.